The molecule has 16 heavy (non-hydrogen) atoms. The molecule has 0 bridgehead atoms. The Morgan fingerprint density at radius 1 is 1.38 bits per heavy atom. The summed E-state index contributed by atoms with van der Waals surface area (Å²) < 4.78 is 39.2. The van der Waals surface area contributed by atoms with Crippen molar-refractivity contribution in [3.05, 3.63) is 36.3 Å². The molecule has 6 heteroatoms. The molecule has 0 unspecified atom stereocenters. The van der Waals surface area contributed by atoms with Gasteiger partial charge >= 0.3 is 0 Å². The summed E-state index contributed by atoms with van der Waals surface area (Å²) in [5.74, 6) is -0.832. The minimum Gasteiger partial charge on any atom is -0.241 e. The molecule has 86 valence electrons. The third kappa shape index (κ3) is 2.28. The molecule has 0 radical (unpaired) electrons. The van der Waals surface area contributed by atoms with E-state index < -0.39 is 20.9 Å². The molecule has 4 nitrogen and oxygen atoms in total. The first-order valence-corrected chi connectivity index (χ1v) is 6.36. The summed E-state index contributed by atoms with van der Waals surface area (Å²) >= 11 is 0. The smallest absolute Gasteiger partial charge is 0.241 e. The van der Waals surface area contributed by atoms with E-state index >= 15 is 0 Å². The summed E-state index contributed by atoms with van der Waals surface area (Å²) in [5.41, 5.74) is 0. The van der Waals surface area contributed by atoms with Crippen LogP contribution in [0, 0.1) is 5.82 Å². The maximum Gasteiger partial charge on any atom is 0.261 e. The van der Waals surface area contributed by atoms with Gasteiger partial charge in [0.1, 0.15) is 0 Å². The van der Waals surface area contributed by atoms with Crippen LogP contribution in [-0.2, 0) is 10.0 Å². The van der Waals surface area contributed by atoms with Crippen LogP contribution < -0.4 is 4.72 Å². The van der Waals surface area contributed by atoms with Gasteiger partial charge in [-0.05, 0) is 25.0 Å². The first-order valence-electron chi connectivity index (χ1n) is 4.87. The normalized spacial score (nSPS) is 16.8. The van der Waals surface area contributed by atoms with E-state index in [1.807, 2.05) is 12.2 Å². The molecule has 1 N–H and O–H groups in total. The van der Waals surface area contributed by atoms with Gasteiger partial charge in [-0.25, -0.2) is 22.5 Å². The van der Waals surface area contributed by atoms with E-state index in [-0.39, 0.29) is 6.04 Å². The summed E-state index contributed by atoms with van der Waals surface area (Å²) in [6.07, 6.45) is 6.30. The standard InChI is InChI=1S/C10H11FN2O2S/c11-9-6-3-7-12-10(9)16(14,15)13-8-4-1-2-5-8/h1-3,6-8,13H,4-5H2. The fourth-order valence-electron chi connectivity index (χ4n) is 1.56. The Balaban J connectivity index is 2.22. The molecule has 0 atom stereocenters. The van der Waals surface area contributed by atoms with Crippen LogP contribution in [0.3, 0.4) is 0 Å². The van der Waals surface area contributed by atoms with Crippen molar-refractivity contribution >= 4 is 10.0 Å². The van der Waals surface area contributed by atoms with Gasteiger partial charge in [0.2, 0.25) is 5.03 Å². The molecule has 0 aromatic carbocycles. The second kappa shape index (κ2) is 4.31. The minimum absolute atomic E-state index is 0.189. The van der Waals surface area contributed by atoms with E-state index in [1.165, 1.54) is 12.3 Å². The second-order valence-electron chi connectivity index (χ2n) is 3.55. The number of hydrogen-bond acceptors (Lipinski definition) is 3. The zero-order chi connectivity index (χ0) is 11.6. The summed E-state index contributed by atoms with van der Waals surface area (Å²) in [6.45, 7) is 0. The lowest BCUT2D eigenvalue weighted by molar-refractivity contribution is 0.530. The Morgan fingerprint density at radius 2 is 2.06 bits per heavy atom. The van der Waals surface area contributed by atoms with Gasteiger partial charge in [-0.15, -0.1) is 0 Å². The zero-order valence-corrected chi connectivity index (χ0v) is 9.24. The van der Waals surface area contributed by atoms with E-state index in [9.17, 15) is 12.8 Å². The molecule has 1 aromatic heterocycles. The van der Waals surface area contributed by atoms with Gasteiger partial charge in [0.25, 0.3) is 10.0 Å². The van der Waals surface area contributed by atoms with Crippen molar-refractivity contribution in [3.63, 3.8) is 0 Å². The first-order chi connectivity index (χ1) is 7.59. The summed E-state index contributed by atoms with van der Waals surface area (Å²) in [5, 5.41) is -0.540. The maximum atomic E-state index is 13.3. The largest absolute Gasteiger partial charge is 0.261 e. The van der Waals surface area contributed by atoms with Crippen molar-refractivity contribution < 1.29 is 12.8 Å². The van der Waals surface area contributed by atoms with Crippen LogP contribution >= 0.6 is 0 Å². The SMILES string of the molecule is O=S(=O)(NC1CC=CC1)c1ncccc1F. The quantitative estimate of drug-likeness (QED) is 0.811. The fraction of sp³-hybridized carbons (Fsp3) is 0.300. The number of rotatable bonds is 3. The summed E-state index contributed by atoms with van der Waals surface area (Å²) in [7, 11) is -3.85. The van der Waals surface area contributed by atoms with Crippen molar-refractivity contribution in [2.24, 2.45) is 0 Å². The van der Waals surface area contributed by atoms with E-state index in [2.05, 4.69) is 9.71 Å². The van der Waals surface area contributed by atoms with Crippen LogP contribution in [0.5, 0.6) is 0 Å². The highest BCUT2D eigenvalue weighted by Crippen LogP contribution is 2.15. The molecule has 0 spiro atoms. The fourth-order valence-corrected chi connectivity index (χ4v) is 2.82. The molecule has 0 aliphatic heterocycles. The maximum absolute atomic E-state index is 13.3. The van der Waals surface area contributed by atoms with Crippen molar-refractivity contribution in [1.29, 1.82) is 0 Å². The van der Waals surface area contributed by atoms with Crippen molar-refractivity contribution in [2.45, 2.75) is 23.9 Å². The van der Waals surface area contributed by atoms with E-state index in [0.717, 1.165) is 6.07 Å². The predicted molar refractivity (Wildman–Crippen MR) is 56.7 cm³/mol. The summed E-state index contributed by atoms with van der Waals surface area (Å²) in [4.78, 5) is 3.55. The number of nitrogens with zero attached hydrogens (tertiary/aromatic N) is 1. The highest BCUT2D eigenvalue weighted by molar-refractivity contribution is 7.89. The number of pyridine rings is 1. The lowest BCUT2D eigenvalue weighted by Crippen LogP contribution is -2.33. The van der Waals surface area contributed by atoms with Crippen LogP contribution in [0.15, 0.2) is 35.5 Å². The Labute approximate surface area is 93.3 Å². The lowest BCUT2D eigenvalue weighted by Gasteiger charge is -2.12. The van der Waals surface area contributed by atoms with E-state index in [4.69, 9.17) is 0 Å². The molecular weight excluding hydrogens is 231 g/mol. The lowest BCUT2D eigenvalue weighted by atomic mass is 10.3. The van der Waals surface area contributed by atoms with Gasteiger partial charge in [-0.2, -0.15) is 0 Å². The molecule has 1 aliphatic rings. The Hall–Kier alpha value is -1.27. The topological polar surface area (TPSA) is 59.1 Å². The van der Waals surface area contributed by atoms with Gasteiger partial charge in [-0.3, -0.25) is 0 Å². The van der Waals surface area contributed by atoms with E-state index in [1.54, 1.807) is 0 Å². The van der Waals surface area contributed by atoms with Crippen LogP contribution in [-0.4, -0.2) is 19.4 Å². The zero-order valence-electron chi connectivity index (χ0n) is 8.43. The van der Waals surface area contributed by atoms with Crippen molar-refractivity contribution in [2.75, 3.05) is 0 Å². The highest BCUT2D eigenvalue weighted by atomic mass is 32.2. The third-order valence-corrected chi connectivity index (χ3v) is 3.76. The molecule has 1 aromatic rings. The molecule has 1 heterocycles. The average molecular weight is 242 g/mol. The molecule has 0 amide bonds. The average Bonchev–Trinajstić information content (AvgIpc) is 2.70. The van der Waals surface area contributed by atoms with Gasteiger partial charge in [-0.1, -0.05) is 12.2 Å². The van der Waals surface area contributed by atoms with Crippen LogP contribution in [0.4, 0.5) is 4.39 Å². The Morgan fingerprint density at radius 3 is 2.69 bits per heavy atom. The van der Waals surface area contributed by atoms with Crippen LogP contribution in [0.25, 0.3) is 0 Å². The summed E-state index contributed by atoms with van der Waals surface area (Å²) in [6, 6.07) is 2.24. The van der Waals surface area contributed by atoms with E-state index in [0.29, 0.717) is 12.8 Å². The first kappa shape index (κ1) is 11.2. The number of nitrogens with one attached hydrogen (secondary N) is 1. The van der Waals surface area contributed by atoms with Crippen LogP contribution in [0.2, 0.25) is 0 Å². The minimum atomic E-state index is -3.85. The number of halogens is 1. The molecule has 2 rings (SSSR count). The Bertz CT molecular complexity index is 505. The second-order valence-corrected chi connectivity index (χ2v) is 5.18. The molecule has 0 saturated carbocycles. The predicted octanol–water partition coefficient (Wildman–Crippen LogP) is 1.22. The number of hydrogen-bond donors (Lipinski definition) is 1. The van der Waals surface area contributed by atoms with Crippen LogP contribution in [0.1, 0.15) is 12.8 Å². The van der Waals surface area contributed by atoms with Gasteiger partial charge in [0, 0.05) is 12.2 Å². The molecular formula is C10H11FN2O2S. The molecule has 1 aliphatic carbocycles. The highest BCUT2D eigenvalue weighted by Gasteiger charge is 2.24. The van der Waals surface area contributed by atoms with Crippen molar-refractivity contribution in [3.8, 4) is 0 Å². The molecule has 0 fully saturated rings. The molecule has 0 saturated heterocycles. The monoisotopic (exact) mass is 242 g/mol. The number of sulfonamides is 1. The van der Waals surface area contributed by atoms with Crippen molar-refractivity contribution in [1.82, 2.24) is 9.71 Å². The van der Waals surface area contributed by atoms with Gasteiger partial charge < -0.3 is 0 Å². The Kier molecular flexibility index (Phi) is 3.02. The van der Waals surface area contributed by atoms with Gasteiger partial charge in [0.15, 0.2) is 5.82 Å². The number of aromatic nitrogens is 1. The van der Waals surface area contributed by atoms with Gasteiger partial charge in [0.05, 0.1) is 0 Å². The third-order valence-electron chi connectivity index (χ3n) is 2.31.